The molecule has 2 aromatic carbocycles. The third-order valence-electron chi connectivity index (χ3n) is 5.08. The van der Waals surface area contributed by atoms with Crippen molar-refractivity contribution in [1.29, 1.82) is 0 Å². The summed E-state index contributed by atoms with van der Waals surface area (Å²) in [5.74, 6) is 0.279. The van der Waals surface area contributed by atoms with Gasteiger partial charge in [0, 0.05) is 18.4 Å². The van der Waals surface area contributed by atoms with Gasteiger partial charge in [-0.15, -0.1) is 0 Å². The molecule has 0 aliphatic rings. The van der Waals surface area contributed by atoms with Crippen LogP contribution in [0.15, 0.2) is 102 Å². The third-order valence-corrected chi connectivity index (χ3v) is 5.08. The molecule has 0 bridgehead atoms. The zero-order chi connectivity index (χ0) is 23.0. The normalized spacial score (nSPS) is 11.4. The molecular formula is C26H23N3O4. The van der Waals surface area contributed by atoms with Crippen molar-refractivity contribution in [2.24, 2.45) is 0 Å². The number of aromatic nitrogens is 1. The van der Waals surface area contributed by atoms with Gasteiger partial charge in [0.1, 0.15) is 17.2 Å². The number of methoxy groups -OCH3 is 1. The number of hydrogen-bond acceptors (Lipinski definition) is 5. The minimum absolute atomic E-state index is 0.223. The molecule has 33 heavy (non-hydrogen) atoms. The Bertz CT molecular complexity index is 1180. The number of para-hydroxylation sites is 1. The van der Waals surface area contributed by atoms with Gasteiger partial charge in [-0.3, -0.25) is 19.5 Å². The van der Waals surface area contributed by atoms with Crippen LogP contribution in [0.5, 0.6) is 5.75 Å². The van der Waals surface area contributed by atoms with Gasteiger partial charge in [0.15, 0.2) is 6.04 Å². The van der Waals surface area contributed by atoms with Crippen LogP contribution in [0.25, 0.3) is 0 Å². The largest absolute Gasteiger partial charge is 0.497 e. The monoisotopic (exact) mass is 441 g/mol. The van der Waals surface area contributed by atoms with Gasteiger partial charge in [-0.05, 0) is 54.1 Å². The Labute approximate surface area is 191 Å². The highest BCUT2D eigenvalue weighted by molar-refractivity contribution is 6.08. The Morgan fingerprint density at radius 2 is 1.73 bits per heavy atom. The number of ether oxygens (including phenoxy) is 1. The first kappa shape index (κ1) is 21.8. The maximum atomic E-state index is 13.6. The number of rotatable bonds is 8. The minimum Gasteiger partial charge on any atom is -0.497 e. The average Bonchev–Trinajstić information content (AvgIpc) is 3.41. The Hall–Kier alpha value is -4.39. The third kappa shape index (κ3) is 5.10. The number of carbonyl (C=O) groups is 2. The van der Waals surface area contributed by atoms with Crippen molar-refractivity contribution in [3.8, 4) is 5.75 Å². The number of carbonyl (C=O) groups excluding carboxylic acids is 2. The highest BCUT2D eigenvalue weighted by Gasteiger charge is 2.35. The van der Waals surface area contributed by atoms with Crippen LogP contribution in [0.4, 0.5) is 5.69 Å². The molecule has 0 saturated carbocycles. The van der Waals surface area contributed by atoms with Gasteiger partial charge >= 0.3 is 0 Å². The van der Waals surface area contributed by atoms with E-state index in [1.165, 1.54) is 11.2 Å². The second kappa shape index (κ2) is 10.3. The predicted octanol–water partition coefficient (Wildman–Crippen LogP) is 4.39. The van der Waals surface area contributed by atoms with Crippen LogP contribution in [-0.2, 0) is 11.3 Å². The average molecular weight is 441 g/mol. The molecule has 1 atom stereocenters. The van der Waals surface area contributed by atoms with E-state index in [2.05, 4.69) is 10.3 Å². The van der Waals surface area contributed by atoms with Crippen LogP contribution in [-0.4, -0.2) is 23.9 Å². The van der Waals surface area contributed by atoms with Gasteiger partial charge in [-0.1, -0.05) is 36.4 Å². The molecular weight excluding hydrogens is 418 g/mol. The van der Waals surface area contributed by atoms with E-state index in [4.69, 9.17) is 9.15 Å². The molecule has 0 spiro atoms. The molecule has 2 amide bonds. The van der Waals surface area contributed by atoms with E-state index in [0.717, 1.165) is 11.3 Å². The maximum Gasteiger partial charge on any atom is 0.277 e. The molecule has 0 saturated heterocycles. The zero-order valence-electron chi connectivity index (χ0n) is 18.0. The molecule has 1 N–H and O–H groups in total. The standard InChI is InChI=1S/C26H23N3O4/c1-32-21-14-12-19(13-15-21)18-28-25(30)24(23-11-7-17-33-23)29(20-8-3-2-4-9-20)26(31)22-10-5-6-16-27-22/h2-17,24H,18H2,1H3,(H,28,30)/t24-/m1/s1. The fraction of sp³-hybridized carbons (Fsp3) is 0.115. The highest BCUT2D eigenvalue weighted by Crippen LogP contribution is 2.29. The number of nitrogens with one attached hydrogen (secondary N) is 1. The Morgan fingerprint density at radius 1 is 0.970 bits per heavy atom. The van der Waals surface area contributed by atoms with Crippen LogP contribution >= 0.6 is 0 Å². The molecule has 0 fully saturated rings. The molecule has 7 nitrogen and oxygen atoms in total. The first-order valence-electron chi connectivity index (χ1n) is 10.4. The van der Waals surface area contributed by atoms with Crippen LogP contribution in [0, 0.1) is 0 Å². The topological polar surface area (TPSA) is 84.7 Å². The van der Waals surface area contributed by atoms with Crippen molar-refractivity contribution < 1.29 is 18.7 Å². The van der Waals surface area contributed by atoms with Crippen molar-refractivity contribution in [1.82, 2.24) is 10.3 Å². The molecule has 7 heteroatoms. The minimum atomic E-state index is -1.03. The lowest BCUT2D eigenvalue weighted by molar-refractivity contribution is -0.123. The lowest BCUT2D eigenvalue weighted by Gasteiger charge is -2.29. The van der Waals surface area contributed by atoms with E-state index in [-0.39, 0.29) is 18.1 Å². The van der Waals surface area contributed by atoms with E-state index < -0.39 is 11.9 Å². The number of hydrogen-bond donors (Lipinski definition) is 1. The summed E-state index contributed by atoms with van der Waals surface area (Å²) >= 11 is 0. The summed E-state index contributed by atoms with van der Waals surface area (Å²) in [6.45, 7) is 0.278. The van der Waals surface area contributed by atoms with Crippen LogP contribution in [0.1, 0.15) is 27.9 Å². The van der Waals surface area contributed by atoms with Crippen molar-refractivity contribution >= 4 is 17.5 Å². The van der Waals surface area contributed by atoms with Gasteiger partial charge < -0.3 is 14.5 Å². The van der Waals surface area contributed by atoms with Crippen LogP contribution < -0.4 is 15.0 Å². The van der Waals surface area contributed by atoms with Crippen LogP contribution in [0.3, 0.4) is 0 Å². The van der Waals surface area contributed by atoms with E-state index in [9.17, 15) is 9.59 Å². The summed E-state index contributed by atoms with van der Waals surface area (Å²) in [6, 6.07) is 23.8. The molecule has 2 aromatic heterocycles. The zero-order valence-corrected chi connectivity index (χ0v) is 18.0. The van der Waals surface area contributed by atoms with Crippen molar-refractivity contribution in [3.63, 3.8) is 0 Å². The second-order valence-corrected chi connectivity index (χ2v) is 7.21. The summed E-state index contributed by atoms with van der Waals surface area (Å²) in [5.41, 5.74) is 1.67. The first-order valence-corrected chi connectivity index (χ1v) is 10.4. The number of furan rings is 1. The van der Waals surface area contributed by atoms with Crippen molar-refractivity contribution in [2.75, 3.05) is 12.0 Å². The fourth-order valence-electron chi connectivity index (χ4n) is 3.43. The summed E-state index contributed by atoms with van der Waals surface area (Å²) < 4.78 is 10.8. The Morgan fingerprint density at radius 3 is 2.36 bits per heavy atom. The summed E-state index contributed by atoms with van der Waals surface area (Å²) in [6.07, 6.45) is 3.02. The van der Waals surface area contributed by atoms with E-state index >= 15 is 0 Å². The van der Waals surface area contributed by atoms with Gasteiger partial charge in [0.05, 0.1) is 13.4 Å². The Kier molecular flexibility index (Phi) is 6.80. The molecule has 0 radical (unpaired) electrons. The molecule has 0 aliphatic carbocycles. The molecule has 166 valence electrons. The quantitative estimate of drug-likeness (QED) is 0.438. The van der Waals surface area contributed by atoms with Gasteiger partial charge in [-0.25, -0.2) is 0 Å². The number of nitrogens with zero attached hydrogens (tertiary/aromatic N) is 2. The van der Waals surface area contributed by atoms with E-state index in [1.807, 2.05) is 42.5 Å². The lowest BCUT2D eigenvalue weighted by atomic mass is 10.1. The maximum absolute atomic E-state index is 13.6. The van der Waals surface area contributed by atoms with Gasteiger partial charge in [-0.2, -0.15) is 0 Å². The predicted molar refractivity (Wildman–Crippen MR) is 124 cm³/mol. The molecule has 0 unspecified atom stereocenters. The van der Waals surface area contributed by atoms with E-state index in [0.29, 0.717) is 11.4 Å². The van der Waals surface area contributed by atoms with Crippen molar-refractivity contribution in [2.45, 2.75) is 12.6 Å². The Balaban J connectivity index is 1.67. The molecule has 4 rings (SSSR count). The second-order valence-electron chi connectivity index (χ2n) is 7.21. The number of amides is 2. The number of benzene rings is 2. The summed E-state index contributed by atoms with van der Waals surface area (Å²) in [7, 11) is 1.60. The lowest BCUT2D eigenvalue weighted by Crippen LogP contribution is -2.44. The molecule has 0 aliphatic heterocycles. The molecule has 4 aromatic rings. The smallest absolute Gasteiger partial charge is 0.277 e. The summed E-state index contributed by atoms with van der Waals surface area (Å²) in [4.78, 5) is 32.6. The fourth-order valence-corrected chi connectivity index (χ4v) is 3.43. The number of pyridine rings is 1. The highest BCUT2D eigenvalue weighted by atomic mass is 16.5. The number of anilines is 1. The first-order chi connectivity index (χ1) is 16.2. The summed E-state index contributed by atoms with van der Waals surface area (Å²) in [5, 5.41) is 2.93. The van der Waals surface area contributed by atoms with Gasteiger partial charge in [0.25, 0.3) is 11.8 Å². The van der Waals surface area contributed by atoms with Gasteiger partial charge in [0.2, 0.25) is 0 Å². The van der Waals surface area contributed by atoms with Crippen LogP contribution in [0.2, 0.25) is 0 Å². The molecule has 2 heterocycles. The SMILES string of the molecule is COc1ccc(CNC(=O)[C@@H](c2ccco2)N(C(=O)c2ccccn2)c2ccccc2)cc1. The van der Waals surface area contributed by atoms with Crippen molar-refractivity contribution in [3.05, 3.63) is 114 Å². The van der Waals surface area contributed by atoms with E-state index in [1.54, 1.807) is 55.8 Å².